The highest BCUT2D eigenvalue weighted by Crippen LogP contribution is 2.24. The largest absolute Gasteiger partial charge is 0.458 e. The van der Waals surface area contributed by atoms with Crippen LogP contribution in [0.3, 0.4) is 0 Å². The molecule has 0 unspecified atom stereocenters. The average Bonchev–Trinajstić information content (AvgIpc) is 2.51. The van der Waals surface area contributed by atoms with E-state index in [-0.39, 0.29) is 11.7 Å². The van der Waals surface area contributed by atoms with Crippen molar-refractivity contribution in [2.45, 2.75) is 40.0 Å². The number of ketones is 3. The molecule has 1 aromatic rings. The zero-order valence-electron chi connectivity index (χ0n) is 15.2. The summed E-state index contributed by atoms with van der Waals surface area (Å²) in [5.41, 5.74) is 0.942. The van der Waals surface area contributed by atoms with Gasteiger partial charge in [0.1, 0.15) is 0 Å². The van der Waals surface area contributed by atoms with Crippen LogP contribution in [-0.4, -0.2) is 35.6 Å². The van der Waals surface area contributed by atoms with Crippen molar-refractivity contribution in [2.24, 2.45) is 5.41 Å². The first-order valence-electron chi connectivity index (χ1n) is 7.52. The van der Waals surface area contributed by atoms with Crippen LogP contribution in [0.25, 0.3) is 0 Å². The van der Waals surface area contributed by atoms with Gasteiger partial charge < -0.3 is 5.32 Å². The third-order valence-electron chi connectivity index (χ3n) is 2.95. The predicted octanol–water partition coefficient (Wildman–Crippen LogP) is 4.12. The Bertz CT molecular complexity index is 719. The summed E-state index contributed by atoms with van der Waals surface area (Å²) in [5.74, 6) is -6.83. The number of nitrogens with one attached hydrogen (secondary N) is 1. The molecule has 0 aliphatic rings. The minimum atomic E-state index is -5.77. The van der Waals surface area contributed by atoms with E-state index in [1.165, 1.54) is 6.92 Å². The molecule has 156 valence electrons. The zero-order valence-corrected chi connectivity index (χ0v) is 15.2. The second-order valence-electron chi connectivity index (χ2n) is 6.49. The van der Waals surface area contributed by atoms with Gasteiger partial charge in [0, 0.05) is 16.7 Å². The quantitative estimate of drug-likeness (QED) is 0.459. The summed E-state index contributed by atoms with van der Waals surface area (Å²) in [6.45, 7) is 7.08. The van der Waals surface area contributed by atoms with Gasteiger partial charge in [0.15, 0.2) is 5.78 Å². The van der Waals surface area contributed by atoms with E-state index in [0.717, 1.165) is 0 Å². The normalized spacial score (nSPS) is 11.8. The highest BCUT2D eigenvalue weighted by molar-refractivity contribution is 6.41. The summed E-state index contributed by atoms with van der Waals surface area (Å²) in [6.07, 6.45) is -11.5. The Morgan fingerprint density at radius 1 is 0.750 bits per heavy atom. The lowest BCUT2D eigenvalue weighted by Crippen LogP contribution is -2.39. The van der Waals surface area contributed by atoms with Crippen molar-refractivity contribution in [1.82, 2.24) is 0 Å². The van der Waals surface area contributed by atoms with Crippen molar-refractivity contribution in [3.63, 3.8) is 0 Å². The van der Waals surface area contributed by atoms with Crippen molar-refractivity contribution >= 4 is 28.9 Å². The van der Waals surface area contributed by atoms with Gasteiger partial charge in [-0.15, -0.1) is 0 Å². The van der Waals surface area contributed by atoms with E-state index in [2.05, 4.69) is 5.32 Å². The predicted molar refractivity (Wildman–Crippen MR) is 86.7 cm³/mol. The number of hydrogen-bond donors (Lipinski definition) is 1. The Kier molecular flexibility index (Phi) is 8.11. The Labute approximate surface area is 156 Å². The number of amides is 1. The van der Waals surface area contributed by atoms with Crippen LogP contribution in [0.4, 0.5) is 32.0 Å². The van der Waals surface area contributed by atoms with Gasteiger partial charge in [0.25, 0.3) is 0 Å². The third kappa shape index (κ3) is 8.31. The molecule has 0 aliphatic heterocycles. The molecule has 0 saturated carbocycles. The van der Waals surface area contributed by atoms with Gasteiger partial charge >= 0.3 is 23.9 Å². The monoisotopic (exact) mass is 413 g/mol. The molecule has 0 bridgehead atoms. The standard InChI is InChI=1S/C13H17NO2.C4F6O2/c1-9(15)10-5-7-11(8-6-10)14-12(16)13(2,3)4;5-3(6,7)1(11)2(12)4(8,9)10/h5-8H,1-4H3,(H,14,16);. The zero-order chi connectivity index (χ0) is 22.5. The summed E-state index contributed by atoms with van der Waals surface area (Å²) < 4.78 is 67.0. The summed E-state index contributed by atoms with van der Waals surface area (Å²) in [4.78, 5) is 42.0. The second-order valence-corrected chi connectivity index (χ2v) is 6.49. The van der Waals surface area contributed by atoms with E-state index >= 15 is 0 Å². The Morgan fingerprint density at radius 3 is 1.36 bits per heavy atom. The van der Waals surface area contributed by atoms with E-state index in [1.807, 2.05) is 20.8 Å². The first-order valence-corrected chi connectivity index (χ1v) is 7.52. The molecule has 0 saturated heterocycles. The lowest BCUT2D eigenvalue weighted by molar-refractivity contribution is -0.193. The third-order valence-corrected chi connectivity index (χ3v) is 2.95. The van der Waals surface area contributed by atoms with Gasteiger partial charge in [-0.05, 0) is 31.2 Å². The maximum Gasteiger partial charge on any atom is 0.458 e. The molecular formula is C17H17F6NO4. The molecule has 0 heterocycles. The summed E-state index contributed by atoms with van der Waals surface area (Å²) in [5, 5.41) is 2.80. The molecule has 0 fully saturated rings. The van der Waals surface area contributed by atoms with Gasteiger partial charge in [-0.1, -0.05) is 20.8 Å². The van der Waals surface area contributed by atoms with Gasteiger partial charge in [0.2, 0.25) is 5.91 Å². The van der Waals surface area contributed by atoms with E-state index in [9.17, 15) is 45.5 Å². The maximum absolute atomic E-state index is 11.7. The molecule has 0 aromatic heterocycles. The molecule has 1 aromatic carbocycles. The molecule has 28 heavy (non-hydrogen) atoms. The highest BCUT2D eigenvalue weighted by Gasteiger charge is 2.54. The van der Waals surface area contributed by atoms with Gasteiger partial charge in [-0.3, -0.25) is 19.2 Å². The second kappa shape index (κ2) is 8.98. The molecule has 1 rings (SSSR count). The van der Waals surface area contributed by atoms with Crippen molar-refractivity contribution in [2.75, 3.05) is 5.32 Å². The molecular weight excluding hydrogens is 396 g/mol. The first kappa shape index (κ1) is 25.3. The van der Waals surface area contributed by atoms with Crippen molar-refractivity contribution in [3.05, 3.63) is 29.8 Å². The number of Topliss-reactive ketones (excluding diaryl/α,β-unsaturated/α-hetero) is 3. The first-order chi connectivity index (χ1) is 12.4. The number of benzene rings is 1. The summed E-state index contributed by atoms with van der Waals surface area (Å²) >= 11 is 0. The number of carbonyl (C=O) groups excluding carboxylic acids is 4. The van der Waals surface area contributed by atoms with Crippen molar-refractivity contribution < 1.29 is 45.5 Å². The van der Waals surface area contributed by atoms with E-state index in [0.29, 0.717) is 11.3 Å². The highest BCUT2D eigenvalue weighted by atomic mass is 19.4. The number of anilines is 1. The van der Waals surface area contributed by atoms with Crippen LogP contribution >= 0.6 is 0 Å². The van der Waals surface area contributed by atoms with Crippen LogP contribution in [0.1, 0.15) is 38.1 Å². The van der Waals surface area contributed by atoms with Crippen LogP contribution in [-0.2, 0) is 14.4 Å². The van der Waals surface area contributed by atoms with E-state index < -0.39 is 29.3 Å². The van der Waals surface area contributed by atoms with Gasteiger partial charge in [0.05, 0.1) is 0 Å². The molecule has 0 radical (unpaired) electrons. The number of halogens is 6. The lowest BCUT2D eigenvalue weighted by atomic mass is 9.95. The Morgan fingerprint density at radius 2 is 1.11 bits per heavy atom. The van der Waals surface area contributed by atoms with Gasteiger partial charge in [-0.25, -0.2) is 0 Å². The number of carbonyl (C=O) groups is 4. The van der Waals surface area contributed by atoms with Crippen LogP contribution in [0.15, 0.2) is 24.3 Å². The Hall–Kier alpha value is -2.72. The molecule has 1 amide bonds. The maximum atomic E-state index is 11.7. The van der Waals surface area contributed by atoms with Crippen LogP contribution in [0.5, 0.6) is 0 Å². The van der Waals surface area contributed by atoms with E-state index in [4.69, 9.17) is 0 Å². The number of alkyl halides is 6. The average molecular weight is 413 g/mol. The van der Waals surface area contributed by atoms with Crippen molar-refractivity contribution in [1.29, 1.82) is 0 Å². The molecule has 11 heteroatoms. The fourth-order valence-electron chi connectivity index (χ4n) is 1.36. The van der Waals surface area contributed by atoms with E-state index in [1.54, 1.807) is 24.3 Å². The minimum Gasteiger partial charge on any atom is -0.326 e. The molecule has 1 N–H and O–H groups in total. The molecule has 0 spiro atoms. The smallest absolute Gasteiger partial charge is 0.326 e. The van der Waals surface area contributed by atoms with Crippen LogP contribution < -0.4 is 5.32 Å². The number of rotatable bonds is 3. The fraction of sp³-hybridized carbons (Fsp3) is 0.412. The molecule has 0 atom stereocenters. The van der Waals surface area contributed by atoms with Crippen LogP contribution in [0.2, 0.25) is 0 Å². The summed E-state index contributed by atoms with van der Waals surface area (Å²) in [7, 11) is 0. The lowest BCUT2D eigenvalue weighted by Gasteiger charge is -2.17. The minimum absolute atomic E-state index is 0.0219. The number of hydrogen-bond acceptors (Lipinski definition) is 4. The van der Waals surface area contributed by atoms with Gasteiger partial charge in [-0.2, -0.15) is 26.3 Å². The molecule has 5 nitrogen and oxygen atoms in total. The SMILES string of the molecule is CC(=O)c1ccc(NC(=O)C(C)(C)C)cc1.O=C(C(=O)C(F)(F)F)C(F)(F)F. The van der Waals surface area contributed by atoms with Crippen molar-refractivity contribution in [3.8, 4) is 0 Å². The van der Waals surface area contributed by atoms with Crippen LogP contribution in [0, 0.1) is 5.41 Å². The summed E-state index contributed by atoms with van der Waals surface area (Å²) in [6, 6.07) is 6.89. The topological polar surface area (TPSA) is 80.3 Å². The Balaban J connectivity index is 0.000000546. The molecule has 0 aliphatic carbocycles. The fourth-order valence-corrected chi connectivity index (χ4v) is 1.36.